The molecule has 0 N–H and O–H groups in total. The molecule has 0 saturated carbocycles. The highest BCUT2D eigenvalue weighted by atomic mass is 16.5. The van der Waals surface area contributed by atoms with Crippen LogP contribution in [0.3, 0.4) is 0 Å². The summed E-state index contributed by atoms with van der Waals surface area (Å²) >= 11 is 0. The molecule has 2 aromatic heterocycles. The quantitative estimate of drug-likeness (QED) is 0.455. The number of aromatic nitrogens is 1. The molecule has 5 aromatic rings. The minimum absolute atomic E-state index is 0.878. The monoisotopic (exact) mass is 323 g/mol. The van der Waals surface area contributed by atoms with Crippen LogP contribution in [0.25, 0.3) is 33.4 Å². The standard InChI is InChI=1S/C23H17NO/c1-25-18-12-10-16(11-13-18)14-20-19-7-3-5-9-22(19)24-21-8-4-2-6-17(21)15-23(20)24/h2-15H,1H3/b20-14-. The lowest BCUT2D eigenvalue weighted by Gasteiger charge is -1.99. The highest BCUT2D eigenvalue weighted by Crippen LogP contribution is 2.25. The van der Waals surface area contributed by atoms with E-state index in [2.05, 4.69) is 77.2 Å². The van der Waals surface area contributed by atoms with Crippen molar-refractivity contribution >= 4 is 33.4 Å². The van der Waals surface area contributed by atoms with E-state index < -0.39 is 0 Å². The molecule has 3 aromatic carbocycles. The van der Waals surface area contributed by atoms with Crippen LogP contribution in [0, 0.1) is 0 Å². The number of benzene rings is 3. The van der Waals surface area contributed by atoms with Gasteiger partial charge in [0, 0.05) is 16.0 Å². The fraction of sp³-hybridized carbons (Fsp3) is 0.0435. The molecule has 0 bridgehead atoms. The van der Waals surface area contributed by atoms with E-state index in [-0.39, 0.29) is 0 Å². The molecule has 2 heterocycles. The molecule has 2 heteroatoms. The van der Waals surface area contributed by atoms with Crippen molar-refractivity contribution in [1.29, 1.82) is 0 Å². The van der Waals surface area contributed by atoms with Crippen LogP contribution in [0.4, 0.5) is 0 Å². The first-order chi connectivity index (χ1) is 12.3. The van der Waals surface area contributed by atoms with Crippen LogP contribution >= 0.6 is 0 Å². The number of hydrogen-bond donors (Lipinski definition) is 0. The van der Waals surface area contributed by atoms with Gasteiger partial charge in [0.1, 0.15) is 5.75 Å². The Labute approximate surface area is 145 Å². The lowest BCUT2D eigenvalue weighted by molar-refractivity contribution is 0.415. The van der Waals surface area contributed by atoms with Crippen molar-refractivity contribution in [2.45, 2.75) is 0 Å². The van der Waals surface area contributed by atoms with Gasteiger partial charge >= 0.3 is 0 Å². The molecule has 0 aliphatic carbocycles. The van der Waals surface area contributed by atoms with Crippen molar-refractivity contribution in [2.24, 2.45) is 0 Å². The number of hydrogen-bond acceptors (Lipinski definition) is 1. The molecule has 0 spiro atoms. The maximum atomic E-state index is 5.27. The second kappa shape index (κ2) is 5.38. The zero-order valence-corrected chi connectivity index (χ0v) is 13.9. The van der Waals surface area contributed by atoms with Crippen LogP contribution in [0.5, 0.6) is 5.75 Å². The van der Waals surface area contributed by atoms with Gasteiger partial charge in [-0.05, 0) is 42.0 Å². The molecule has 0 atom stereocenters. The van der Waals surface area contributed by atoms with Gasteiger partial charge in [-0.15, -0.1) is 0 Å². The van der Waals surface area contributed by atoms with Crippen molar-refractivity contribution < 1.29 is 4.74 Å². The van der Waals surface area contributed by atoms with Crippen molar-refractivity contribution in [3.8, 4) is 5.75 Å². The van der Waals surface area contributed by atoms with E-state index in [0.29, 0.717) is 0 Å². The molecular formula is C23H17NO. The minimum atomic E-state index is 0.878. The highest BCUT2D eigenvalue weighted by Gasteiger charge is 2.10. The summed E-state index contributed by atoms with van der Waals surface area (Å²) < 4.78 is 7.63. The number of rotatable bonds is 2. The summed E-state index contributed by atoms with van der Waals surface area (Å²) in [5, 5.41) is 3.81. The van der Waals surface area contributed by atoms with Gasteiger partial charge in [0.15, 0.2) is 0 Å². The third-order valence-corrected chi connectivity index (χ3v) is 4.85. The minimum Gasteiger partial charge on any atom is -0.497 e. The fourth-order valence-corrected chi connectivity index (χ4v) is 3.67. The summed E-state index contributed by atoms with van der Waals surface area (Å²) in [7, 11) is 1.69. The third kappa shape index (κ3) is 2.11. The Balaban J connectivity index is 1.90. The molecule has 0 aliphatic rings. The predicted octanol–water partition coefficient (Wildman–Crippen LogP) is 4.80. The first-order valence-corrected chi connectivity index (χ1v) is 8.41. The summed E-state index contributed by atoms with van der Waals surface area (Å²) in [4.78, 5) is 0. The Bertz CT molecular complexity index is 1260. The Morgan fingerprint density at radius 3 is 2.28 bits per heavy atom. The number of nitrogens with zero attached hydrogens (tertiary/aromatic N) is 1. The summed E-state index contributed by atoms with van der Waals surface area (Å²) in [6.07, 6.45) is 2.26. The van der Waals surface area contributed by atoms with Crippen molar-refractivity contribution in [1.82, 2.24) is 4.40 Å². The number of ether oxygens (including phenoxy) is 1. The summed E-state index contributed by atoms with van der Waals surface area (Å²) in [5.74, 6) is 0.878. The SMILES string of the molecule is COc1ccc(/C=c2/c3ccccc3n3c2cc2ccccc23)cc1. The lowest BCUT2D eigenvalue weighted by Crippen LogP contribution is -1.98. The fourth-order valence-electron chi connectivity index (χ4n) is 3.67. The van der Waals surface area contributed by atoms with E-state index in [1.807, 2.05) is 12.1 Å². The maximum absolute atomic E-state index is 5.27. The maximum Gasteiger partial charge on any atom is 0.118 e. The Hall–Kier alpha value is -3.26. The van der Waals surface area contributed by atoms with Crippen LogP contribution in [-0.2, 0) is 0 Å². The summed E-state index contributed by atoms with van der Waals surface area (Å²) in [6, 6.07) is 27.6. The van der Waals surface area contributed by atoms with Crippen molar-refractivity contribution in [3.05, 3.63) is 89.6 Å². The van der Waals surface area contributed by atoms with Gasteiger partial charge in [-0.25, -0.2) is 0 Å². The molecule has 0 fully saturated rings. The molecule has 0 aliphatic heterocycles. The van der Waals surface area contributed by atoms with Gasteiger partial charge in [-0.1, -0.05) is 48.5 Å². The molecule has 5 rings (SSSR count). The molecular weight excluding hydrogens is 306 g/mol. The van der Waals surface area contributed by atoms with Gasteiger partial charge in [-0.2, -0.15) is 0 Å². The molecule has 0 radical (unpaired) electrons. The van der Waals surface area contributed by atoms with Gasteiger partial charge in [-0.3, -0.25) is 0 Å². The van der Waals surface area contributed by atoms with Crippen molar-refractivity contribution in [2.75, 3.05) is 7.11 Å². The van der Waals surface area contributed by atoms with Gasteiger partial charge in [0.25, 0.3) is 0 Å². The smallest absolute Gasteiger partial charge is 0.118 e. The number of methoxy groups -OCH3 is 1. The largest absolute Gasteiger partial charge is 0.497 e. The lowest BCUT2D eigenvalue weighted by atomic mass is 10.1. The van der Waals surface area contributed by atoms with Crippen LogP contribution < -0.4 is 9.96 Å². The first-order valence-electron chi connectivity index (χ1n) is 8.41. The zero-order chi connectivity index (χ0) is 16.8. The molecule has 120 valence electrons. The average molecular weight is 323 g/mol. The topological polar surface area (TPSA) is 13.6 Å². The first kappa shape index (κ1) is 14.1. The van der Waals surface area contributed by atoms with E-state index in [1.54, 1.807) is 7.11 Å². The molecule has 0 saturated heterocycles. The van der Waals surface area contributed by atoms with E-state index in [0.717, 1.165) is 5.75 Å². The Kier molecular flexibility index (Phi) is 3.04. The summed E-state index contributed by atoms with van der Waals surface area (Å²) in [5.41, 5.74) is 4.92. The van der Waals surface area contributed by atoms with Gasteiger partial charge in [0.2, 0.25) is 0 Å². The molecule has 25 heavy (non-hydrogen) atoms. The Morgan fingerprint density at radius 1 is 0.760 bits per heavy atom. The van der Waals surface area contributed by atoms with E-state index in [1.165, 1.54) is 38.1 Å². The Morgan fingerprint density at radius 2 is 1.48 bits per heavy atom. The van der Waals surface area contributed by atoms with Crippen LogP contribution in [0.2, 0.25) is 0 Å². The van der Waals surface area contributed by atoms with E-state index in [4.69, 9.17) is 4.74 Å². The molecule has 0 amide bonds. The second-order valence-corrected chi connectivity index (χ2v) is 6.27. The highest BCUT2D eigenvalue weighted by molar-refractivity contribution is 5.99. The zero-order valence-electron chi connectivity index (χ0n) is 13.9. The normalized spacial score (nSPS) is 12.4. The van der Waals surface area contributed by atoms with Crippen LogP contribution in [0.15, 0.2) is 78.9 Å². The predicted molar refractivity (Wildman–Crippen MR) is 104 cm³/mol. The van der Waals surface area contributed by atoms with Gasteiger partial charge < -0.3 is 9.14 Å². The van der Waals surface area contributed by atoms with Crippen molar-refractivity contribution in [3.63, 3.8) is 0 Å². The van der Waals surface area contributed by atoms with Crippen LogP contribution in [0.1, 0.15) is 5.56 Å². The second-order valence-electron chi connectivity index (χ2n) is 6.27. The van der Waals surface area contributed by atoms with E-state index >= 15 is 0 Å². The summed E-state index contributed by atoms with van der Waals surface area (Å²) in [6.45, 7) is 0. The third-order valence-electron chi connectivity index (χ3n) is 4.85. The number of para-hydroxylation sites is 2. The average Bonchev–Trinajstić information content (AvgIpc) is 3.18. The van der Waals surface area contributed by atoms with Gasteiger partial charge in [0.05, 0.1) is 23.7 Å². The van der Waals surface area contributed by atoms with Crippen LogP contribution in [-0.4, -0.2) is 11.5 Å². The molecule has 2 nitrogen and oxygen atoms in total. The van der Waals surface area contributed by atoms with E-state index in [9.17, 15) is 0 Å². The number of fused-ring (bicyclic) bond motifs is 5. The molecule has 0 unspecified atom stereocenters.